The maximum absolute atomic E-state index is 9.19. The van der Waals surface area contributed by atoms with Gasteiger partial charge in [0.05, 0.1) is 0 Å². The minimum atomic E-state index is 0.383. The third-order valence-electron chi connectivity index (χ3n) is 4.70. The molecule has 0 unspecified atom stereocenters. The predicted molar refractivity (Wildman–Crippen MR) is 113 cm³/mol. The number of hydrogen-bond acceptors (Lipinski definition) is 2. The minimum absolute atomic E-state index is 0.383. The Morgan fingerprint density at radius 1 is 0.778 bits per heavy atom. The summed E-state index contributed by atoms with van der Waals surface area (Å²) in [7, 11) is 0. The van der Waals surface area contributed by atoms with Gasteiger partial charge in [-0.1, -0.05) is 104 Å². The predicted octanol–water partition coefficient (Wildman–Crippen LogP) is 7.99. The van der Waals surface area contributed by atoms with Crippen molar-refractivity contribution < 1.29 is 24.6 Å². The van der Waals surface area contributed by atoms with E-state index in [2.05, 4.69) is 35.6 Å². The Bertz CT molecular complexity index is 387. The van der Waals surface area contributed by atoms with Crippen LogP contribution in [-0.4, -0.2) is 5.11 Å². The van der Waals surface area contributed by atoms with Gasteiger partial charge in [0, 0.05) is 5.75 Å². The number of benzene rings is 1. The molecular weight excluding hydrogens is 379 g/mol. The Morgan fingerprint density at radius 2 is 1.11 bits per heavy atom. The van der Waals surface area contributed by atoms with E-state index in [0.29, 0.717) is 5.75 Å². The van der Waals surface area contributed by atoms with Gasteiger partial charge in [0.15, 0.2) is 0 Å². The van der Waals surface area contributed by atoms with Crippen LogP contribution in [0.15, 0.2) is 12.1 Å². The van der Waals surface area contributed by atoms with E-state index >= 15 is 0 Å². The first-order valence-electron chi connectivity index (χ1n) is 10.7. The van der Waals surface area contributed by atoms with Crippen LogP contribution >= 0.6 is 0 Å². The molecule has 0 aliphatic heterocycles. The van der Waals surface area contributed by atoms with Crippen LogP contribution in [0.2, 0.25) is 0 Å². The van der Waals surface area contributed by atoms with Gasteiger partial charge in [-0.3, -0.25) is 0 Å². The van der Waals surface area contributed by atoms with E-state index in [9.17, 15) is 5.11 Å². The molecule has 0 amide bonds. The zero-order valence-corrected chi connectivity index (χ0v) is 19.0. The molecule has 1 aromatic rings. The summed E-state index contributed by atoms with van der Waals surface area (Å²) in [4.78, 5) is 0. The summed E-state index contributed by atoms with van der Waals surface area (Å²) in [6.07, 6.45) is 19.8. The fourth-order valence-electron chi connectivity index (χ4n) is 2.93. The normalized spacial score (nSPS) is 9.81. The fraction of sp³-hybridized carbons (Fsp3) is 0.708. The fourth-order valence-corrected chi connectivity index (χ4v) is 2.93. The molecule has 0 saturated heterocycles. The Labute approximate surface area is 177 Å². The molecule has 0 spiro atoms. The van der Waals surface area contributed by atoms with Crippen molar-refractivity contribution in [3.8, 4) is 5.75 Å². The van der Waals surface area contributed by atoms with Crippen LogP contribution in [0.1, 0.15) is 108 Å². The molecular formula is C24H42CoO2-2. The van der Waals surface area contributed by atoms with Crippen LogP contribution in [0.3, 0.4) is 0 Å². The van der Waals surface area contributed by atoms with Crippen molar-refractivity contribution in [3.05, 3.63) is 36.2 Å². The zero-order chi connectivity index (χ0) is 20.8. The van der Waals surface area contributed by atoms with E-state index in [4.69, 9.17) is 3.87 Å². The number of phenols is 1. The average Bonchev–Trinajstić information content (AvgIpc) is 2.69. The monoisotopic (exact) mass is 421 g/mol. The molecule has 0 heterocycles. The number of hydrogen-bond donors (Lipinski definition) is 1. The summed E-state index contributed by atoms with van der Waals surface area (Å²) < 4.78 is 7.94. The number of aryl methyl sites for hydroxylation is 2. The van der Waals surface area contributed by atoms with E-state index in [0.717, 1.165) is 17.5 Å². The zero-order valence-electron chi connectivity index (χ0n) is 18.0. The molecule has 1 N–H and O–H groups in total. The van der Waals surface area contributed by atoms with Gasteiger partial charge in [-0.2, -0.15) is 24.6 Å². The van der Waals surface area contributed by atoms with Crippen molar-refractivity contribution in [2.24, 2.45) is 0 Å². The van der Waals surface area contributed by atoms with Crippen LogP contribution < -0.4 is 0 Å². The third kappa shape index (κ3) is 19.9. The van der Waals surface area contributed by atoms with Crippen LogP contribution in [0, 0.1) is 26.8 Å². The second-order valence-electron chi connectivity index (χ2n) is 7.27. The maximum atomic E-state index is 9.19. The molecule has 1 rings (SSSR count). The summed E-state index contributed by atoms with van der Waals surface area (Å²) in [6.45, 7) is 9.88. The Balaban J connectivity index is 0. The van der Waals surface area contributed by atoms with Crippen LogP contribution in [0.5, 0.6) is 5.75 Å². The number of phenolic OH excluding ortho intramolecular Hbond substituents is 1. The first-order valence-corrected chi connectivity index (χ1v) is 11.1. The molecule has 0 radical (unpaired) electrons. The van der Waals surface area contributed by atoms with Crippen LogP contribution in [0.4, 0.5) is 0 Å². The van der Waals surface area contributed by atoms with E-state index in [1.54, 1.807) is 12.1 Å². The van der Waals surface area contributed by atoms with Crippen molar-refractivity contribution in [3.63, 3.8) is 0 Å². The van der Waals surface area contributed by atoms with E-state index in [1.807, 2.05) is 13.8 Å². The standard InChI is InChI=1S/C16H33.C8H9O.Co.O/c1-3-5-7-9-11-13-15-16-14-12-10-8-6-4-2;1-6-4-3-5-7(2)8(6)9;;/h1,3-16H2,2H3;4-5,9H,1-2H3;;/q2*-1;;. The van der Waals surface area contributed by atoms with Crippen molar-refractivity contribution >= 4 is 0 Å². The molecule has 2 nitrogen and oxygen atoms in total. The number of aromatic hydroxyl groups is 1. The molecule has 1 aromatic carbocycles. The van der Waals surface area contributed by atoms with Gasteiger partial charge in [0.2, 0.25) is 0 Å². The average molecular weight is 422 g/mol. The molecule has 0 aromatic heterocycles. The molecule has 0 saturated carbocycles. The molecule has 0 aliphatic carbocycles. The summed E-state index contributed by atoms with van der Waals surface area (Å²) >= 11 is 2.31. The molecule has 0 fully saturated rings. The van der Waals surface area contributed by atoms with Crippen molar-refractivity contribution in [1.29, 1.82) is 0 Å². The van der Waals surface area contributed by atoms with Gasteiger partial charge in [-0.25, -0.2) is 0 Å². The Hall–Kier alpha value is -0.674. The summed E-state index contributed by atoms with van der Waals surface area (Å²) in [5.41, 5.74) is 1.77. The van der Waals surface area contributed by atoms with Gasteiger partial charge in [0.1, 0.15) is 0 Å². The Morgan fingerprint density at radius 3 is 1.41 bits per heavy atom. The molecule has 161 valence electrons. The topological polar surface area (TPSA) is 37.3 Å². The van der Waals surface area contributed by atoms with Crippen molar-refractivity contribution in [2.75, 3.05) is 0 Å². The van der Waals surface area contributed by atoms with Gasteiger partial charge >= 0.3 is 19.5 Å². The molecule has 0 aliphatic rings. The van der Waals surface area contributed by atoms with Gasteiger partial charge in [0.25, 0.3) is 0 Å². The first kappa shape index (κ1) is 28.5. The van der Waals surface area contributed by atoms with Crippen LogP contribution in [0.25, 0.3) is 0 Å². The van der Waals surface area contributed by atoms with Gasteiger partial charge in [-0.15, -0.1) is 11.1 Å². The van der Waals surface area contributed by atoms with Crippen LogP contribution in [-0.2, 0) is 19.5 Å². The molecule has 27 heavy (non-hydrogen) atoms. The Kier molecular flexibility index (Phi) is 24.7. The van der Waals surface area contributed by atoms with E-state index in [-0.39, 0.29) is 0 Å². The summed E-state index contributed by atoms with van der Waals surface area (Å²) in [5, 5.41) is 9.19. The molecule has 0 atom stereocenters. The number of rotatable bonds is 13. The van der Waals surface area contributed by atoms with Gasteiger partial charge < -0.3 is 12.0 Å². The summed E-state index contributed by atoms with van der Waals surface area (Å²) in [5.74, 6) is 0.383. The van der Waals surface area contributed by atoms with Gasteiger partial charge in [-0.05, 0) is 0 Å². The first-order chi connectivity index (χ1) is 13.1. The summed E-state index contributed by atoms with van der Waals surface area (Å²) in [6, 6.07) is 6.44. The quantitative estimate of drug-likeness (QED) is 0.259. The third-order valence-corrected chi connectivity index (χ3v) is 4.70. The second-order valence-corrected chi connectivity index (χ2v) is 7.27. The SMILES string of the molecule is Cc1c[c-]cc(C)c1O.[CH2-]CCCCCCCCCCCCCCC.[O]=[Co]. The van der Waals surface area contributed by atoms with E-state index in [1.165, 1.54) is 83.5 Å². The molecule has 3 heteroatoms. The van der Waals surface area contributed by atoms with Crippen molar-refractivity contribution in [2.45, 2.75) is 111 Å². The van der Waals surface area contributed by atoms with Crippen molar-refractivity contribution in [1.82, 2.24) is 0 Å². The molecule has 0 bridgehead atoms. The second kappa shape index (κ2) is 23.4. The van der Waals surface area contributed by atoms with E-state index < -0.39 is 0 Å². The number of unbranched alkanes of at least 4 members (excludes halogenated alkanes) is 13.